The molecule has 426 valence electrons. The molecule has 28 heteroatoms. The van der Waals surface area contributed by atoms with Crippen molar-refractivity contribution in [3.63, 3.8) is 0 Å². The summed E-state index contributed by atoms with van der Waals surface area (Å²) in [6.07, 6.45) is -4.59. The van der Waals surface area contributed by atoms with E-state index in [1.165, 1.54) is 14.0 Å². The van der Waals surface area contributed by atoms with Crippen LogP contribution in [0.1, 0.15) is 79.2 Å². The van der Waals surface area contributed by atoms with Crippen molar-refractivity contribution in [1.29, 1.82) is 0 Å². The van der Waals surface area contributed by atoms with Crippen molar-refractivity contribution in [2.75, 3.05) is 45.6 Å². The number of aliphatic hydroxyl groups is 3. The van der Waals surface area contributed by atoms with Gasteiger partial charge in [-0.15, -0.1) is 0 Å². The van der Waals surface area contributed by atoms with Gasteiger partial charge in [-0.1, -0.05) is 27.2 Å². The van der Waals surface area contributed by atoms with E-state index < -0.39 is 188 Å². The minimum absolute atomic E-state index is 0.0411. The highest BCUT2D eigenvalue weighted by atomic mass is 32.2. The Bertz CT molecular complexity index is 2540. The molecule has 1 fully saturated rings. The third kappa shape index (κ3) is 16.2. The van der Waals surface area contributed by atoms with Crippen LogP contribution in [0.15, 0.2) is 23.2 Å². The molecule has 0 aliphatic carbocycles. The molecular formula is C49H73N11O16S. The molecule has 11 atom stereocenters. The van der Waals surface area contributed by atoms with E-state index in [1.54, 1.807) is 57.4 Å². The first-order valence-corrected chi connectivity index (χ1v) is 26.7. The summed E-state index contributed by atoms with van der Waals surface area (Å²) in [7, 11) is 1.41. The van der Waals surface area contributed by atoms with Crippen LogP contribution in [0.25, 0.3) is 10.9 Å². The first-order chi connectivity index (χ1) is 36.3. The summed E-state index contributed by atoms with van der Waals surface area (Å²) in [5.74, 6) is -11.6. The third-order valence-corrected chi connectivity index (χ3v) is 15.0. The maximum absolute atomic E-state index is 15.5. The number of nitrogens with one attached hydrogen (secondary N) is 8. The van der Waals surface area contributed by atoms with Crippen LogP contribution < -0.4 is 53.0 Å². The lowest BCUT2D eigenvalue weighted by molar-refractivity contribution is -0.144. The number of nitrogens with two attached hydrogens (primary N) is 1. The summed E-state index contributed by atoms with van der Waals surface area (Å²) in [5.41, 5.74) is 5.31. The number of primary amides is 1. The predicted octanol–water partition coefficient (Wildman–Crippen LogP) is -3.84. The number of nitrogens with zero attached hydrogens (tertiary/aromatic N) is 2. The van der Waals surface area contributed by atoms with Crippen molar-refractivity contribution in [1.82, 2.24) is 52.0 Å². The number of hydrogen-bond donors (Lipinski definition) is 12. The number of amides is 10. The molecule has 3 unspecified atom stereocenters. The van der Waals surface area contributed by atoms with E-state index >= 15 is 4.55 Å². The molecule has 0 radical (unpaired) electrons. The normalized spacial score (nSPS) is 25.8. The number of unbranched alkanes of at least 4 members (excludes halogenated alkanes) is 1. The second-order valence-corrected chi connectivity index (χ2v) is 21.9. The van der Waals surface area contributed by atoms with Gasteiger partial charge in [-0.05, 0) is 51.7 Å². The minimum atomic E-state index is -2.45. The average molecular weight is 1100 g/mol. The number of alkyl carbamates (subject to hydrolysis) is 1. The first-order valence-electron chi connectivity index (χ1n) is 25.4. The molecule has 5 rings (SSSR count). The molecule has 27 nitrogen and oxygen atoms in total. The summed E-state index contributed by atoms with van der Waals surface area (Å²) in [6, 6.07) is -5.37. The first kappa shape index (κ1) is 61.1. The number of fused-ring (bicyclic) bond motifs is 5. The third-order valence-electron chi connectivity index (χ3n) is 13.5. The lowest BCUT2D eigenvalue weighted by atomic mass is 9.93. The van der Waals surface area contributed by atoms with Gasteiger partial charge in [-0.25, -0.2) is 4.79 Å². The Morgan fingerprint density at radius 2 is 1.57 bits per heavy atom. The number of hydrogen-bond acceptors (Lipinski definition) is 16. The number of aryl methyl sites for hydroxylation is 1. The molecule has 2 aromatic rings. The number of aliphatic hydroxyl groups excluding tert-OH is 3. The number of methoxy groups -OCH3 is 1. The largest absolute Gasteiger partial charge is 0.610 e. The van der Waals surface area contributed by atoms with Gasteiger partial charge in [-0.2, -0.15) is 0 Å². The van der Waals surface area contributed by atoms with Gasteiger partial charge in [-0.3, -0.25) is 43.2 Å². The van der Waals surface area contributed by atoms with Crippen molar-refractivity contribution < 1.29 is 77.3 Å². The molecule has 77 heavy (non-hydrogen) atoms. The molecule has 3 aliphatic heterocycles. The Labute approximate surface area is 447 Å². The number of ether oxygens (including phenoxy) is 2. The van der Waals surface area contributed by atoms with Crippen LogP contribution in [0, 0.1) is 11.8 Å². The summed E-state index contributed by atoms with van der Waals surface area (Å²) >= 11 is -2.45. The van der Waals surface area contributed by atoms with E-state index in [0.717, 1.165) is 4.90 Å². The van der Waals surface area contributed by atoms with Crippen LogP contribution in [0.5, 0.6) is 5.75 Å². The van der Waals surface area contributed by atoms with E-state index in [2.05, 4.69) is 42.5 Å². The maximum Gasteiger partial charge on any atom is 0.407 e. The number of rotatable bonds is 13. The quantitative estimate of drug-likeness (QED) is 0.0675. The fourth-order valence-electron chi connectivity index (χ4n) is 9.16. The number of carbonyl (C=O) groups excluding carboxylic acids is 10. The van der Waals surface area contributed by atoms with Crippen molar-refractivity contribution in [2.45, 2.75) is 146 Å². The second kappa shape index (κ2) is 27.0. The molecule has 4 heterocycles. The summed E-state index contributed by atoms with van der Waals surface area (Å²) in [6.45, 7) is 6.99. The highest BCUT2D eigenvalue weighted by molar-refractivity contribution is 7.91. The molecule has 3 aliphatic rings. The van der Waals surface area contributed by atoms with Crippen molar-refractivity contribution in [2.24, 2.45) is 17.6 Å². The predicted molar refractivity (Wildman–Crippen MR) is 274 cm³/mol. The van der Waals surface area contributed by atoms with E-state index in [9.17, 15) is 63.3 Å². The van der Waals surface area contributed by atoms with Crippen molar-refractivity contribution in [3.8, 4) is 5.75 Å². The van der Waals surface area contributed by atoms with E-state index in [0.29, 0.717) is 29.5 Å². The Morgan fingerprint density at radius 1 is 0.896 bits per heavy atom. The average Bonchev–Trinajstić information content (AvgIpc) is 3.91. The van der Waals surface area contributed by atoms with Gasteiger partial charge in [0.05, 0.1) is 51.0 Å². The van der Waals surface area contributed by atoms with Crippen molar-refractivity contribution in [3.05, 3.63) is 23.8 Å². The zero-order chi connectivity index (χ0) is 57.1. The molecule has 13 N–H and O–H groups in total. The Balaban J connectivity index is 1.78. The van der Waals surface area contributed by atoms with Crippen LogP contribution in [0.3, 0.4) is 0 Å². The monoisotopic (exact) mass is 1100 g/mol. The van der Waals surface area contributed by atoms with E-state index in [4.69, 9.17) is 15.2 Å². The molecule has 1 aromatic heterocycles. The van der Waals surface area contributed by atoms with Crippen LogP contribution >= 0.6 is 0 Å². The summed E-state index contributed by atoms with van der Waals surface area (Å²) < 4.78 is 28.1. The number of benzene rings is 1. The fraction of sp³-hybridized carbons (Fsp3) is 0.633. The standard InChI is InChI=1S/C49H73N11O16S/c1-8-24(2)39-44(70)53-19-37(65)54-32-23-77(74)47-29(28-12-11-27(75-7)16-33(28)59(47)14-10-9-13-51-48(73)76-49(4,5)6)17-30(41(67)52-20-38(66)57-39)55-45(71)40(25(3)35(63)22-61)58-43(69)34-15-26(62)21-60(34)46(72)31(18-36(50)64)56-42(32)68/h11-12,16,24-26,30-32,34-35,39-40,61-63H,8-10,13-15,17-23H2,1-7H3,(H2,50,64)(H,51,73)(H,52,67)(H,53,70)(H,54,65)(H,55,71)(H,56,68)(H,57,66)(H,58,69)/t24-,25-,26?,30?,31-,32?,34-,35-,39-,40-,77+/m0/s1. The Hall–Kier alpha value is -6.75. The SMILES string of the molecule is CC[C@H](C)[C@@H]1NC(=O)CNC(=O)C2Cc3c(n(CCCCNC(=O)OC(C)(C)C)c4cc(OC)ccc34)[S@+]([O-])CC(NC(=O)CNC1=O)C(=O)N[C@@H](CC(N)=O)C(=O)N1CC(O)C[C@H]1C(=O)N[C@@H]([C@@H](C)[C@@H](O)CO)C(=O)N2. The molecule has 2 bridgehead atoms. The van der Waals surface area contributed by atoms with Gasteiger partial charge >= 0.3 is 6.09 Å². The van der Waals surface area contributed by atoms with Gasteiger partial charge in [0, 0.05) is 66.6 Å². The topological polar surface area (TPSA) is 403 Å². The molecule has 10 amide bonds. The minimum Gasteiger partial charge on any atom is -0.610 e. The molecular weight excluding hydrogens is 1030 g/mol. The zero-order valence-corrected chi connectivity index (χ0v) is 45.0. The summed E-state index contributed by atoms with van der Waals surface area (Å²) in [4.78, 5) is 140. The van der Waals surface area contributed by atoms with Gasteiger partial charge in [0.2, 0.25) is 58.2 Å². The van der Waals surface area contributed by atoms with Gasteiger partial charge in [0.25, 0.3) is 0 Å². The van der Waals surface area contributed by atoms with Crippen LogP contribution in [-0.4, -0.2) is 188 Å². The van der Waals surface area contributed by atoms with Crippen LogP contribution in [-0.2, 0) is 72.0 Å². The van der Waals surface area contributed by atoms with E-state index in [-0.39, 0.29) is 30.1 Å². The number of carbonyl (C=O) groups is 10. The zero-order valence-electron chi connectivity index (χ0n) is 44.2. The maximum atomic E-state index is 15.5. The smallest absolute Gasteiger partial charge is 0.407 e. The highest BCUT2D eigenvalue weighted by Crippen LogP contribution is 2.35. The second-order valence-electron chi connectivity index (χ2n) is 20.4. The van der Waals surface area contributed by atoms with Gasteiger partial charge < -0.3 is 87.1 Å². The molecule has 0 spiro atoms. The lowest BCUT2D eigenvalue weighted by Gasteiger charge is -2.33. The lowest BCUT2D eigenvalue weighted by Crippen LogP contribution is -2.62. The fourth-order valence-corrected chi connectivity index (χ4v) is 10.8. The van der Waals surface area contributed by atoms with Crippen LogP contribution in [0.2, 0.25) is 0 Å². The van der Waals surface area contributed by atoms with Crippen molar-refractivity contribution >= 4 is 81.3 Å². The highest BCUT2D eigenvalue weighted by Gasteiger charge is 2.46. The number of aromatic nitrogens is 1. The van der Waals surface area contributed by atoms with Crippen LogP contribution in [0.4, 0.5) is 4.79 Å². The Morgan fingerprint density at radius 3 is 2.21 bits per heavy atom. The van der Waals surface area contributed by atoms with Gasteiger partial charge in [0.1, 0.15) is 47.3 Å². The molecule has 1 aromatic carbocycles. The molecule has 1 saturated heterocycles. The molecule has 0 saturated carbocycles. The Kier molecular flexibility index (Phi) is 21.4. The summed E-state index contributed by atoms with van der Waals surface area (Å²) in [5, 5.41) is 52.3. The van der Waals surface area contributed by atoms with E-state index in [1.807, 2.05) is 0 Å². The van der Waals surface area contributed by atoms with Gasteiger partial charge in [0.15, 0.2) is 6.04 Å².